The second-order valence-corrected chi connectivity index (χ2v) is 10.2. The van der Waals surface area contributed by atoms with Crippen molar-refractivity contribution < 1.29 is 18.0 Å². The number of rotatable bonds is 6. The molecular formula is C21H18Cl3N3O4S. The molecule has 0 radical (unpaired) electrons. The Kier molecular flexibility index (Phi) is 6.90. The van der Waals surface area contributed by atoms with Gasteiger partial charge < -0.3 is 15.6 Å². The molecule has 0 bridgehead atoms. The van der Waals surface area contributed by atoms with Crippen LogP contribution in [0.4, 0.5) is 0 Å². The summed E-state index contributed by atoms with van der Waals surface area (Å²) in [5, 5.41) is 0.676. The topological polar surface area (TPSA) is 113 Å². The zero-order chi connectivity index (χ0) is 23.8. The maximum absolute atomic E-state index is 13.3. The highest BCUT2D eigenvalue weighted by molar-refractivity contribution is 7.91. The van der Waals surface area contributed by atoms with Crippen molar-refractivity contribution in [1.82, 2.24) is 9.88 Å². The van der Waals surface area contributed by atoms with Crippen LogP contribution in [0.3, 0.4) is 0 Å². The summed E-state index contributed by atoms with van der Waals surface area (Å²) in [5.74, 6) is -1.58. The maximum atomic E-state index is 13.3. The Morgan fingerprint density at radius 3 is 2.19 bits per heavy atom. The Hall–Kier alpha value is -2.52. The maximum Gasteiger partial charge on any atom is 0.270 e. The third-order valence-electron chi connectivity index (χ3n) is 4.78. The molecular weight excluding hydrogens is 497 g/mol. The van der Waals surface area contributed by atoms with E-state index in [9.17, 15) is 18.0 Å². The van der Waals surface area contributed by atoms with Crippen LogP contribution in [0.15, 0.2) is 52.3 Å². The van der Waals surface area contributed by atoms with E-state index in [1.165, 1.54) is 37.1 Å². The summed E-state index contributed by atoms with van der Waals surface area (Å²) in [7, 11) is -2.76. The lowest BCUT2D eigenvalue weighted by Crippen LogP contribution is -2.27. The first-order valence-corrected chi connectivity index (χ1v) is 11.8. The predicted octanol–water partition coefficient (Wildman–Crippen LogP) is 4.49. The standard InChI is InChI=1S/C21H18Cl3N3O4S/c1-11-17(21(29)27(2)10-12-5-3-4-6-16(12)24)26-18(20(25)28)19(11)32(30,31)15-8-13(22)7-14(23)9-15/h3-9,26H,10H2,1-2H3,(H2,25,28). The minimum Gasteiger partial charge on any atom is -0.364 e. The van der Waals surface area contributed by atoms with Gasteiger partial charge in [-0.3, -0.25) is 9.59 Å². The smallest absolute Gasteiger partial charge is 0.270 e. The number of sulfone groups is 1. The highest BCUT2D eigenvalue weighted by Crippen LogP contribution is 2.33. The number of nitrogens with one attached hydrogen (secondary N) is 1. The highest BCUT2D eigenvalue weighted by atomic mass is 35.5. The number of hydrogen-bond donors (Lipinski definition) is 2. The predicted molar refractivity (Wildman–Crippen MR) is 123 cm³/mol. The van der Waals surface area contributed by atoms with Crippen molar-refractivity contribution in [3.8, 4) is 0 Å². The van der Waals surface area contributed by atoms with E-state index in [-0.39, 0.29) is 32.7 Å². The number of carbonyl (C=O) groups is 2. The van der Waals surface area contributed by atoms with Crippen LogP contribution >= 0.6 is 34.8 Å². The molecule has 3 N–H and O–H groups in total. The Bertz CT molecular complexity index is 1320. The third-order valence-corrected chi connectivity index (χ3v) is 7.49. The monoisotopic (exact) mass is 513 g/mol. The summed E-state index contributed by atoms with van der Waals surface area (Å²) < 4.78 is 26.7. The summed E-state index contributed by atoms with van der Waals surface area (Å²) in [6, 6.07) is 10.8. The molecule has 0 saturated carbocycles. The minimum absolute atomic E-state index is 0.0471. The van der Waals surface area contributed by atoms with E-state index >= 15 is 0 Å². The SMILES string of the molecule is Cc1c(C(=O)N(C)Cc2ccccc2Cl)[nH]c(C(N)=O)c1S(=O)(=O)c1cc(Cl)cc(Cl)c1. The van der Waals surface area contributed by atoms with Crippen LogP contribution in [0, 0.1) is 6.92 Å². The fourth-order valence-corrected chi connectivity index (χ4v) is 5.82. The zero-order valence-electron chi connectivity index (χ0n) is 16.9. The highest BCUT2D eigenvalue weighted by Gasteiger charge is 2.33. The van der Waals surface area contributed by atoms with E-state index < -0.39 is 32.2 Å². The summed E-state index contributed by atoms with van der Waals surface area (Å²) >= 11 is 18.1. The first-order chi connectivity index (χ1) is 14.9. The van der Waals surface area contributed by atoms with Crippen LogP contribution < -0.4 is 5.73 Å². The molecule has 2 aromatic carbocycles. The lowest BCUT2D eigenvalue weighted by Gasteiger charge is -2.18. The minimum atomic E-state index is -4.29. The molecule has 0 atom stereocenters. The molecule has 1 heterocycles. The Labute approximate surface area is 200 Å². The van der Waals surface area contributed by atoms with Gasteiger partial charge in [-0.15, -0.1) is 0 Å². The van der Waals surface area contributed by atoms with Gasteiger partial charge in [0.25, 0.3) is 11.8 Å². The Balaban J connectivity index is 2.09. The molecule has 0 fully saturated rings. The van der Waals surface area contributed by atoms with E-state index in [0.717, 1.165) is 0 Å². The summed E-state index contributed by atoms with van der Waals surface area (Å²) in [5.41, 5.74) is 5.68. The Morgan fingerprint density at radius 2 is 1.62 bits per heavy atom. The van der Waals surface area contributed by atoms with Crippen molar-refractivity contribution in [2.45, 2.75) is 23.3 Å². The fraction of sp³-hybridized carbons (Fsp3) is 0.143. The first kappa shape index (κ1) is 24.1. The molecule has 0 aliphatic carbocycles. The average molecular weight is 515 g/mol. The quantitative estimate of drug-likeness (QED) is 0.504. The van der Waals surface area contributed by atoms with E-state index in [4.69, 9.17) is 40.5 Å². The van der Waals surface area contributed by atoms with Crippen molar-refractivity contribution in [3.63, 3.8) is 0 Å². The molecule has 32 heavy (non-hydrogen) atoms. The number of benzene rings is 2. The van der Waals surface area contributed by atoms with Crippen molar-refractivity contribution in [2.24, 2.45) is 5.73 Å². The first-order valence-electron chi connectivity index (χ1n) is 9.16. The van der Waals surface area contributed by atoms with E-state index in [1.807, 2.05) is 0 Å². The number of hydrogen-bond acceptors (Lipinski definition) is 4. The number of aromatic amines is 1. The van der Waals surface area contributed by atoms with Crippen LogP contribution in [0.2, 0.25) is 15.1 Å². The van der Waals surface area contributed by atoms with Gasteiger partial charge in [0, 0.05) is 28.7 Å². The number of carbonyl (C=O) groups excluding carboxylic acids is 2. The van der Waals surface area contributed by atoms with Gasteiger partial charge in [0.05, 0.1) is 4.90 Å². The van der Waals surface area contributed by atoms with Gasteiger partial charge in [0.1, 0.15) is 16.3 Å². The summed E-state index contributed by atoms with van der Waals surface area (Å²) in [6.07, 6.45) is 0. The van der Waals surface area contributed by atoms with E-state index in [2.05, 4.69) is 4.98 Å². The number of halogens is 3. The molecule has 0 saturated heterocycles. The molecule has 168 valence electrons. The molecule has 3 aromatic rings. The second kappa shape index (κ2) is 9.15. The number of nitrogens with two attached hydrogens (primary N) is 1. The molecule has 2 amide bonds. The van der Waals surface area contributed by atoms with Gasteiger partial charge in [0.15, 0.2) is 0 Å². The van der Waals surface area contributed by atoms with Crippen molar-refractivity contribution in [2.75, 3.05) is 7.05 Å². The normalized spacial score (nSPS) is 11.4. The number of nitrogens with zero attached hydrogens (tertiary/aromatic N) is 1. The van der Waals surface area contributed by atoms with E-state index in [1.54, 1.807) is 24.3 Å². The third kappa shape index (κ3) is 4.63. The van der Waals surface area contributed by atoms with Crippen LogP contribution in [0.1, 0.15) is 32.1 Å². The van der Waals surface area contributed by atoms with Crippen molar-refractivity contribution >= 4 is 56.5 Å². The van der Waals surface area contributed by atoms with Gasteiger partial charge in [-0.25, -0.2) is 8.42 Å². The molecule has 0 aliphatic rings. The fourth-order valence-electron chi connectivity index (χ4n) is 3.25. The second-order valence-electron chi connectivity index (χ2n) is 7.05. The van der Waals surface area contributed by atoms with Gasteiger partial charge in [0.2, 0.25) is 9.84 Å². The number of aromatic nitrogens is 1. The molecule has 7 nitrogen and oxygen atoms in total. The van der Waals surface area contributed by atoms with Gasteiger partial charge in [-0.2, -0.15) is 0 Å². The number of primary amides is 1. The molecule has 3 rings (SSSR count). The lowest BCUT2D eigenvalue weighted by molar-refractivity contribution is 0.0779. The molecule has 1 aromatic heterocycles. The molecule has 0 spiro atoms. The van der Waals surface area contributed by atoms with Gasteiger partial charge in [-0.1, -0.05) is 53.0 Å². The largest absolute Gasteiger partial charge is 0.364 e. The lowest BCUT2D eigenvalue weighted by atomic mass is 10.2. The van der Waals surface area contributed by atoms with Crippen LogP contribution in [0.25, 0.3) is 0 Å². The number of amides is 2. The van der Waals surface area contributed by atoms with Crippen LogP contribution in [0.5, 0.6) is 0 Å². The molecule has 11 heteroatoms. The van der Waals surface area contributed by atoms with Gasteiger partial charge >= 0.3 is 0 Å². The van der Waals surface area contributed by atoms with Crippen LogP contribution in [-0.2, 0) is 16.4 Å². The summed E-state index contributed by atoms with van der Waals surface area (Å²) in [4.78, 5) is 28.5. The Morgan fingerprint density at radius 1 is 1.03 bits per heavy atom. The number of H-pyrrole nitrogens is 1. The van der Waals surface area contributed by atoms with E-state index in [0.29, 0.717) is 10.6 Å². The average Bonchev–Trinajstić information content (AvgIpc) is 3.06. The van der Waals surface area contributed by atoms with Crippen LogP contribution in [-0.4, -0.2) is 37.2 Å². The zero-order valence-corrected chi connectivity index (χ0v) is 20.0. The summed E-state index contributed by atoms with van der Waals surface area (Å²) in [6.45, 7) is 1.58. The molecule has 0 unspecified atom stereocenters. The van der Waals surface area contributed by atoms with Crippen molar-refractivity contribution in [1.29, 1.82) is 0 Å². The van der Waals surface area contributed by atoms with Gasteiger partial charge in [-0.05, 0) is 42.3 Å². The van der Waals surface area contributed by atoms with Crippen molar-refractivity contribution in [3.05, 3.63) is 80.0 Å². The molecule has 0 aliphatic heterocycles.